The minimum Gasteiger partial charge on any atom is -0.450 e. The van der Waals surface area contributed by atoms with E-state index in [9.17, 15) is 19.7 Å². The standard InChI is InChI=1S/C22H15N3O5S/c1-11-9-15-16(10-12(11)2)30-20-17(19(15)26)18(13-3-5-14(6-4-13)25(28)29)24(21(20)27)22-23-7-8-31-22/h3-10,18H,1-2H3/t18-/m0/s1. The van der Waals surface area contributed by atoms with Crippen molar-refractivity contribution in [2.75, 3.05) is 4.90 Å². The first-order chi connectivity index (χ1) is 14.9. The predicted molar refractivity (Wildman–Crippen MR) is 116 cm³/mol. The summed E-state index contributed by atoms with van der Waals surface area (Å²) >= 11 is 1.26. The van der Waals surface area contributed by atoms with Crippen LogP contribution < -0.4 is 10.3 Å². The van der Waals surface area contributed by atoms with E-state index in [1.54, 1.807) is 35.8 Å². The second-order valence-corrected chi connectivity index (χ2v) is 8.22. The van der Waals surface area contributed by atoms with Crippen molar-refractivity contribution in [3.63, 3.8) is 0 Å². The lowest BCUT2D eigenvalue weighted by Crippen LogP contribution is -2.29. The van der Waals surface area contributed by atoms with Crippen LogP contribution in [-0.4, -0.2) is 15.8 Å². The Labute approximate surface area is 179 Å². The molecule has 8 nitrogen and oxygen atoms in total. The van der Waals surface area contributed by atoms with Gasteiger partial charge in [0.2, 0.25) is 5.76 Å². The summed E-state index contributed by atoms with van der Waals surface area (Å²) in [6.45, 7) is 3.81. The van der Waals surface area contributed by atoms with Crippen molar-refractivity contribution in [1.82, 2.24) is 4.98 Å². The summed E-state index contributed by atoms with van der Waals surface area (Å²) in [5.74, 6) is -0.496. The number of nitrogens with zero attached hydrogens (tertiary/aromatic N) is 3. The van der Waals surface area contributed by atoms with Crippen LogP contribution in [0.25, 0.3) is 11.0 Å². The highest BCUT2D eigenvalue weighted by molar-refractivity contribution is 7.13. The van der Waals surface area contributed by atoms with Crippen LogP contribution in [0.1, 0.15) is 38.9 Å². The predicted octanol–water partition coefficient (Wildman–Crippen LogP) is 4.52. The minimum atomic E-state index is -0.795. The number of aryl methyl sites for hydroxylation is 2. The number of thiazole rings is 1. The van der Waals surface area contributed by atoms with Crippen LogP contribution in [-0.2, 0) is 0 Å². The van der Waals surface area contributed by atoms with Crippen molar-refractivity contribution >= 4 is 39.0 Å². The van der Waals surface area contributed by atoms with Gasteiger partial charge in [-0.1, -0.05) is 0 Å². The van der Waals surface area contributed by atoms with Gasteiger partial charge >= 0.3 is 0 Å². The topological polar surface area (TPSA) is 107 Å². The van der Waals surface area contributed by atoms with Crippen LogP contribution in [0.2, 0.25) is 0 Å². The fraction of sp³-hybridized carbons (Fsp3) is 0.136. The highest BCUT2D eigenvalue weighted by atomic mass is 32.1. The fourth-order valence-electron chi connectivity index (χ4n) is 3.85. The number of non-ortho nitro benzene ring substituents is 1. The number of rotatable bonds is 3. The van der Waals surface area contributed by atoms with E-state index in [1.807, 2.05) is 13.8 Å². The van der Waals surface area contributed by atoms with Gasteiger partial charge in [0.25, 0.3) is 11.6 Å². The van der Waals surface area contributed by atoms with Crippen molar-refractivity contribution in [2.24, 2.45) is 0 Å². The summed E-state index contributed by atoms with van der Waals surface area (Å²) in [6.07, 6.45) is 1.57. The lowest BCUT2D eigenvalue weighted by Gasteiger charge is -2.22. The second-order valence-electron chi connectivity index (χ2n) is 7.35. The Kier molecular flexibility index (Phi) is 4.23. The van der Waals surface area contributed by atoms with Gasteiger partial charge in [-0.05, 0) is 54.8 Å². The molecule has 9 heteroatoms. The number of hydrogen-bond donors (Lipinski definition) is 0. The molecule has 0 fully saturated rings. The summed E-state index contributed by atoms with van der Waals surface area (Å²) < 4.78 is 5.95. The van der Waals surface area contributed by atoms with Gasteiger partial charge < -0.3 is 4.42 Å². The van der Waals surface area contributed by atoms with Crippen molar-refractivity contribution in [3.8, 4) is 0 Å². The average molecular weight is 433 g/mol. The highest BCUT2D eigenvalue weighted by Crippen LogP contribution is 2.42. The molecule has 31 heavy (non-hydrogen) atoms. The Hall–Kier alpha value is -3.85. The summed E-state index contributed by atoms with van der Waals surface area (Å²) in [6, 6.07) is 8.54. The number of amides is 1. The number of anilines is 1. The molecule has 1 atom stereocenters. The van der Waals surface area contributed by atoms with Crippen LogP contribution in [0.4, 0.5) is 10.8 Å². The van der Waals surface area contributed by atoms with Crippen LogP contribution in [0.15, 0.2) is 57.2 Å². The SMILES string of the molecule is Cc1cc2oc3c(c(=O)c2cc1C)[C@H](c1ccc([N+](=O)[O-])cc1)N(c1nccs1)C3=O. The van der Waals surface area contributed by atoms with Gasteiger partial charge in [0.05, 0.1) is 21.9 Å². The summed E-state index contributed by atoms with van der Waals surface area (Å²) in [4.78, 5) is 43.1. The lowest BCUT2D eigenvalue weighted by molar-refractivity contribution is -0.384. The lowest BCUT2D eigenvalue weighted by atomic mass is 9.97. The minimum absolute atomic E-state index is 0.0284. The maximum atomic E-state index is 13.5. The Morgan fingerprint density at radius 2 is 1.84 bits per heavy atom. The maximum absolute atomic E-state index is 13.5. The van der Waals surface area contributed by atoms with Crippen molar-refractivity contribution in [3.05, 3.63) is 96.3 Å². The molecule has 1 aliphatic heterocycles. The van der Waals surface area contributed by atoms with Gasteiger partial charge in [-0.2, -0.15) is 0 Å². The number of fused-ring (bicyclic) bond motifs is 2. The normalized spacial score (nSPS) is 15.5. The summed E-state index contributed by atoms with van der Waals surface area (Å²) in [7, 11) is 0. The molecule has 3 heterocycles. The highest BCUT2D eigenvalue weighted by Gasteiger charge is 2.44. The smallest absolute Gasteiger partial charge is 0.297 e. The van der Waals surface area contributed by atoms with Gasteiger partial charge in [0.15, 0.2) is 10.6 Å². The molecule has 5 rings (SSSR count). The largest absolute Gasteiger partial charge is 0.450 e. The van der Waals surface area contributed by atoms with Crippen LogP contribution in [0.3, 0.4) is 0 Å². The zero-order valence-electron chi connectivity index (χ0n) is 16.5. The van der Waals surface area contributed by atoms with Gasteiger partial charge in [0.1, 0.15) is 5.58 Å². The van der Waals surface area contributed by atoms with Gasteiger partial charge in [-0.25, -0.2) is 4.98 Å². The zero-order chi connectivity index (χ0) is 21.9. The molecule has 4 aromatic rings. The van der Waals surface area contributed by atoms with E-state index in [0.29, 0.717) is 21.7 Å². The molecule has 0 unspecified atom stereocenters. The summed E-state index contributed by atoms with van der Waals surface area (Å²) in [5, 5.41) is 13.6. The molecule has 1 amide bonds. The number of hydrogen-bond acceptors (Lipinski definition) is 7. The van der Waals surface area contributed by atoms with Crippen molar-refractivity contribution < 1.29 is 14.1 Å². The molecule has 1 aliphatic rings. The fourth-order valence-corrected chi connectivity index (χ4v) is 4.52. The molecule has 2 aromatic carbocycles. The monoisotopic (exact) mass is 433 g/mol. The number of nitro benzene ring substituents is 1. The number of aromatic nitrogens is 1. The van der Waals surface area contributed by atoms with E-state index in [1.165, 1.54) is 28.4 Å². The first kappa shape index (κ1) is 19.1. The van der Waals surface area contributed by atoms with Crippen LogP contribution in [0.5, 0.6) is 0 Å². The number of nitro groups is 1. The third-order valence-electron chi connectivity index (χ3n) is 5.53. The number of carbonyl (C=O) groups is 1. The van der Waals surface area contributed by atoms with Crippen molar-refractivity contribution in [2.45, 2.75) is 19.9 Å². The number of carbonyl (C=O) groups excluding carboxylic acids is 1. The van der Waals surface area contributed by atoms with E-state index in [2.05, 4.69) is 4.98 Å². The quantitative estimate of drug-likeness (QED) is 0.347. The maximum Gasteiger partial charge on any atom is 0.297 e. The molecule has 0 spiro atoms. The van der Waals surface area contributed by atoms with Gasteiger partial charge in [0, 0.05) is 23.7 Å². The van der Waals surface area contributed by atoms with E-state index in [0.717, 1.165) is 11.1 Å². The molecular formula is C22H15N3O5S. The van der Waals surface area contributed by atoms with Gasteiger partial charge in [-0.3, -0.25) is 24.6 Å². The molecule has 2 aromatic heterocycles. The second kappa shape index (κ2) is 6.85. The van der Waals surface area contributed by atoms with Crippen LogP contribution >= 0.6 is 11.3 Å². The third kappa shape index (κ3) is 2.85. The van der Waals surface area contributed by atoms with E-state index >= 15 is 0 Å². The molecule has 0 N–H and O–H groups in total. The Balaban J connectivity index is 1.80. The van der Waals surface area contributed by atoms with E-state index < -0.39 is 16.9 Å². The van der Waals surface area contributed by atoms with E-state index in [-0.39, 0.29) is 22.4 Å². The van der Waals surface area contributed by atoms with Gasteiger partial charge in [-0.15, -0.1) is 11.3 Å². The molecule has 154 valence electrons. The first-order valence-electron chi connectivity index (χ1n) is 9.42. The van der Waals surface area contributed by atoms with E-state index in [4.69, 9.17) is 4.42 Å². The molecule has 0 saturated heterocycles. The first-order valence-corrected chi connectivity index (χ1v) is 10.3. The van der Waals surface area contributed by atoms with Crippen molar-refractivity contribution in [1.29, 1.82) is 0 Å². The van der Waals surface area contributed by atoms with Crippen LogP contribution in [0, 0.1) is 24.0 Å². The molecule has 0 aliphatic carbocycles. The zero-order valence-corrected chi connectivity index (χ0v) is 17.3. The molecule has 0 radical (unpaired) electrons. The Morgan fingerprint density at radius 1 is 1.13 bits per heavy atom. The Morgan fingerprint density at radius 3 is 2.48 bits per heavy atom. The molecule has 0 saturated carbocycles. The Bertz CT molecular complexity index is 1420. The third-order valence-corrected chi connectivity index (χ3v) is 6.30. The molecular weight excluding hydrogens is 418 g/mol. The molecule has 0 bridgehead atoms. The average Bonchev–Trinajstić information content (AvgIpc) is 3.36. The number of benzene rings is 2. The summed E-state index contributed by atoms with van der Waals surface area (Å²) in [5.41, 5.74) is 2.63.